The van der Waals surface area contributed by atoms with Crippen LogP contribution in [0.2, 0.25) is 0 Å². The van der Waals surface area contributed by atoms with E-state index in [1.807, 2.05) is 6.20 Å². The predicted octanol–water partition coefficient (Wildman–Crippen LogP) is 6.28. The summed E-state index contributed by atoms with van der Waals surface area (Å²) in [6, 6.07) is 19.9. The molecule has 0 fully saturated rings. The molecule has 2 aromatic carbocycles. The van der Waals surface area contributed by atoms with Crippen molar-refractivity contribution in [3.63, 3.8) is 0 Å². The first-order valence-corrected chi connectivity index (χ1v) is 8.97. The molecule has 0 bridgehead atoms. The summed E-state index contributed by atoms with van der Waals surface area (Å²) in [5.41, 5.74) is 10.3. The fourth-order valence-electron chi connectivity index (χ4n) is 3.49. The van der Waals surface area contributed by atoms with Gasteiger partial charge in [0.15, 0.2) is 0 Å². The lowest BCUT2D eigenvalue weighted by Gasteiger charge is -2.10. The molecule has 0 saturated carbocycles. The van der Waals surface area contributed by atoms with E-state index in [2.05, 4.69) is 86.4 Å². The Balaban J connectivity index is 1.73. The van der Waals surface area contributed by atoms with Gasteiger partial charge >= 0.3 is 0 Å². The number of hydrogen-bond acceptors (Lipinski definition) is 1. The molecule has 1 aliphatic carbocycles. The van der Waals surface area contributed by atoms with Gasteiger partial charge in [0.1, 0.15) is 0 Å². The lowest BCUT2D eigenvalue weighted by molar-refractivity contribution is 0.867. The fourth-order valence-corrected chi connectivity index (χ4v) is 3.49. The molecule has 1 heterocycles. The van der Waals surface area contributed by atoms with Crippen LogP contribution in [-0.2, 0) is 6.42 Å². The number of fused-ring (bicyclic) bond motifs is 1. The summed E-state index contributed by atoms with van der Waals surface area (Å²) in [4.78, 5) is 4.61. The van der Waals surface area contributed by atoms with Crippen LogP contribution < -0.4 is 0 Å². The fraction of sp³-hybridized carbons (Fsp3) is 0.208. The van der Waals surface area contributed by atoms with Gasteiger partial charge in [-0.05, 0) is 63.9 Å². The third-order valence-electron chi connectivity index (χ3n) is 5.02. The van der Waals surface area contributed by atoms with Gasteiger partial charge in [-0.1, -0.05) is 62.4 Å². The summed E-state index contributed by atoms with van der Waals surface area (Å²) in [5, 5.41) is 0. The van der Waals surface area contributed by atoms with Crippen LogP contribution in [0.3, 0.4) is 0 Å². The van der Waals surface area contributed by atoms with Crippen molar-refractivity contribution in [1.29, 1.82) is 0 Å². The molecule has 1 aromatic heterocycles. The van der Waals surface area contributed by atoms with E-state index in [0.29, 0.717) is 5.92 Å². The highest BCUT2D eigenvalue weighted by atomic mass is 14.7. The summed E-state index contributed by atoms with van der Waals surface area (Å²) in [7, 11) is 0. The highest BCUT2D eigenvalue weighted by molar-refractivity contribution is 5.93. The maximum Gasteiger partial charge on any atom is 0.0665 e. The SMILES string of the molecule is Cc1ccc(C2=Cc3c(cccc3-c3ccc(C(C)C)cc3)C2)nc1. The van der Waals surface area contributed by atoms with E-state index in [4.69, 9.17) is 0 Å². The molecule has 0 N–H and O–H groups in total. The molecule has 3 aromatic rings. The second-order valence-corrected chi connectivity index (χ2v) is 7.22. The molecule has 1 nitrogen and oxygen atoms in total. The second-order valence-electron chi connectivity index (χ2n) is 7.22. The van der Waals surface area contributed by atoms with Crippen molar-refractivity contribution >= 4 is 11.6 Å². The smallest absolute Gasteiger partial charge is 0.0665 e. The van der Waals surface area contributed by atoms with Gasteiger partial charge in [-0.15, -0.1) is 0 Å². The van der Waals surface area contributed by atoms with Crippen molar-refractivity contribution in [3.8, 4) is 11.1 Å². The molecule has 0 spiro atoms. The van der Waals surface area contributed by atoms with E-state index in [-0.39, 0.29) is 0 Å². The van der Waals surface area contributed by atoms with Crippen molar-refractivity contribution in [2.45, 2.75) is 33.1 Å². The van der Waals surface area contributed by atoms with Gasteiger partial charge in [-0.25, -0.2) is 0 Å². The number of allylic oxidation sites excluding steroid dienone is 1. The van der Waals surface area contributed by atoms with Gasteiger partial charge in [0, 0.05) is 12.6 Å². The van der Waals surface area contributed by atoms with E-state index < -0.39 is 0 Å². The van der Waals surface area contributed by atoms with Gasteiger partial charge in [0.2, 0.25) is 0 Å². The van der Waals surface area contributed by atoms with Crippen LogP contribution >= 0.6 is 0 Å². The normalized spacial score (nSPS) is 13.0. The summed E-state index contributed by atoms with van der Waals surface area (Å²) < 4.78 is 0. The molecule has 0 radical (unpaired) electrons. The molecule has 0 amide bonds. The van der Waals surface area contributed by atoms with Crippen LogP contribution in [-0.4, -0.2) is 4.98 Å². The zero-order chi connectivity index (χ0) is 17.4. The zero-order valence-electron chi connectivity index (χ0n) is 15.1. The molecule has 0 atom stereocenters. The van der Waals surface area contributed by atoms with Crippen LogP contribution in [0.5, 0.6) is 0 Å². The highest BCUT2D eigenvalue weighted by Crippen LogP contribution is 2.37. The Morgan fingerprint density at radius 2 is 1.72 bits per heavy atom. The minimum atomic E-state index is 0.564. The van der Waals surface area contributed by atoms with Crippen LogP contribution in [0, 0.1) is 6.92 Å². The molecule has 124 valence electrons. The molecular weight excluding hydrogens is 302 g/mol. The monoisotopic (exact) mass is 325 g/mol. The maximum absolute atomic E-state index is 4.61. The van der Waals surface area contributed by atoms with E-state index in [0.717, 1.165) is 12.1 Å². The number of benzene rings is 2. The quantitative estimate of drug-likeness (QED) is 0.552. The zero-order valence-corrected chi connectivity index (χ0v) is 15.1. The first-order chi connectivity index (χ1) is 12.1. The lowest BCUT2D eigenvalue weighted by atomic mass is 9.94. The Bertz CT molecular complexity index is 929. The Morgan fingerprint density at radius 3 is 2.40 bits per heavy atom. The summed E-state index contributed by atoms with van der Waals surface area (Å²) in [5.74, 6) is 0.564. The summed E-state index contributed by atoms with van der Waals surface area (Å²) in [6.45, 7) is 6.55. The van der Waals surface area contributed by atoms with Crippen molar-refractivity contribution in [2.24, 2.45) is 0 Å². The van der Waals surface area contributed by atoms with Crippen LogP contribution in [0.25, 0.3) is 22.8 Å². The van der Waals surface area contributed by atoms with Crippen molar-refractivity contribution < 1.29 is 0 Å². The topological polar surface area (TPSA) is 12.9 Å². The second kappa shape index (κ2) is 6.33. The third kappa shape index (κ3) is 3.02. The van der Waals surface area contributed by atoms with Gasteiger partial charge in [0.05, 0.1) is 5.69 Å². The molecular formula is C24H23N. The molecule has 4 rings (SSSR count). The Kier molecular flexibility index (Phi) is 4.01. The van der Waals surface area contributed by atoms with Gasteiger partial charge in [0.25, 0.3) is 0 Å². The van der Waals surface area contributed by atoms with Crippen molar-refractivity contribution in [3.05, 3.63) is 88.7 Å². The Labute approximate surface area is 150 Å². The average molecular weight is 325 g/mol. The minimum absolute atomic E-state index is 0.564. The van der Waals surface area contributed by atoms with E-state index >= 15 is 0 Å². The number of hydrogen-bond donors (Lipinski definition) is 0. The van der Waals surface area contributed by atoms with E-state index in [1.54, 1.807) is 0 Å². The largest absolute Gasteiger partial charge is 0.256 e. The third-order valence-corrected chi connectivity index (χ3v) is 5.02. The summed E-state index contributed by atoms with van der Waals surface area (Å²) >= 11 is 0. The maximum atomic E-state index is 4.61. The van der Waals surface area contributed by atoms with E-state index in [1.165, 1.54) is 39.0 Å². The first kappa shape index (κ1) is 15.8. The van der Waals surface area contributed by atoms with Gasteiger partial charge in [-0.3, -0.25) is 4.98 Å². The van der Waals surface area contributed by atoms with Crippen LogP contribution in [0.4, 0.5) is 0 Å². The van der Waals surface area contributed by atoms with Gasteiger partial charge in [-0.2, -0.15) is 0 Å². The predicted molar refractivity (Wildman–Crippen MR) is 107 cm³/mol. The molecule has 1 heteroatoms. The van der Waals surface area contributed by atoms with Crippen molar-refractivity contribution in [2.75, 3.05) is 0 Å². The molecule has 0 unspecified atom stereocenters. The lowest BCUT2D eigenvalue weighted by Crippen LogP contribution is -1.90. The molecule has 1 aliphatic rings. The molecule has 0 aliphatic heterocycles. The number of rotatable bonds is 3. The first-order valence-electron chi connectivity index (χ1n) is 8.97. The van der Waals surface area contributed by atoms with Gasteiger partial charge < -0.3 is 0 Å². The Hall–Kier alpha value is -2.67. The molecule has 0 saturated heterocycles. The molecule has 25 heavy (non-hydrogen) atoms. The van der Waals surface area contributed by atoms with E-state index in [9.17, 15) is 0 Å². The minimum Gasteiger partial charge on any atom is -0.256 e. The highest BCUT2D eigenvalue weighted by Gasteiger charge is 2.18. The number of pyridine rings is 1. The standard InChI is InChI=1S/C24H23N/c1-16(2)18-8-10-19(11-9-18)22-6-4-5-20-13-21(14-23(20)22)24-12-7-17(3)15-25-24/h4-12,14-16H,13H2,1-3H3. The van der Waals surface area contributed by atoms with Crippen LogP contribution in [0.1, 0.15) is 47.7 Å². The average Bonchev–Trinajstić information content (AvgIpc) is 3.06. The van der Waals surface area contributed by atoms with Crippen molar-refractivity contribution in [1.82, 2.24) is 4.98 Å². The number of nitrogens with zero attached hydrogens (tertiary/aromatic N) is 1. The Morgan fingerprint density at radius 1 is 0.920 bits per heavy atom. The number of aromatic nitrogens is 1. The summed E-state index contributed by atoms with van der Waals surface area (Å²) in [6.07, 6.45) is 5.23. The number of aryl methyl sites for hydroxylation is 1. The van der Waals surface area contributed by atoms with Crippen LogP contribution in [0.15, 0.2) is 60.8 Å².